The summed E-state index contributed by atoms with van der Waals surface area (Å²) in [6, 6.07) is 18.8. The average Bonchev–Trinajstić information content (AvgIpc) is 2.79. The van der Waals surface area contributed by atoms with E-state index in [1.54, 1.807) is 24.9 Å². The molecule has 4 aromatic rings. The number of hydrogen-bond acceptors (Lipinski definition) is 4. The Hall–Kier alpha value is -3.38. The van der Waals surface area contributed by atoms with Gasteiger partial charge in [-0.2, -0.15) is 0 Å². The SMILES string of the molecule is COc1cccc(/C=C/c2nc3ccccc3c(=O)n2-c2ccc(Br)c(C)c2)c1OC. The molecule has 5 nitrogen and oxygen atoms in total. The molecule has 0 spiro atoms. The van der Waals surface area contributed by atoms with Crippen molar-refractivity contribution in [3.63, 3.8) is 0 Å². The minimum Gasteiger partial charge on any atom is -0.493 e. The van der Waals surface area contributed by atoms with Gasteiger partial charge >= 0.3 is 0 Å². The molecular formula is C25H21BrN2O3. The molecule has 156 valence electrons. The van der Waals surface area contributed by atoms with Crippen LogP contribution in [0.4, 0.5) is 0 Å². The van der Waals surface area contributed by atoms with Gasteiger partial charge in [-0.15, -0.1) is 0 Å². The van der Waals surface area contributed by atoms with E-state index >= 15 is 0 Å². The molecule has 0 saturated heterocycles. The van der Waals surface area contributed by atoms with Crippen molar-refractivity contribution in [3.05, 3.63) is 92.4 Å². The first-order valence-electron chi connectivity index (χ1n) is 9.71. The first-order chi connectivity index (χ1) is 15.0. The van der Waals surface area contributed by atoms with E-state index in [4.69, 9.17) is 14.5 Å². The Bertz CT molecular complexity index is 1360. The average molecular weight is 477 g/mol. The lowest BCUT2D eigenvalue weighted by Crippen LogP contribution is -2.22. The van der Waals surface area contributed by atoms with Gasteiger partial charge in [0.1, 0.15) is 5.82 Å². The monoisotopic (exact) mass is 476 g/mol. The van der Waals surface area contributed by atoms with Crippen molar-refractivity contribution in [2.24, 2.45) is 0 Å². The molecule has 0 saturated carbocycles. The van der Waals surface area contributed by atoms with Crippen LogP contribution in [0.1, 0.15) is 17.0 Å². The standard InChI is InChI=1S/C25H21BrN2O3/c1-16-15-18(12-13-20(16)26)28-23(27-21-9-5-4-8-19(21)25(28)29)14-11-17-7-6-10-22(30-2)24(17)31-3/h4-15H,1-3H3/b14-11+. The Balaban J connectivity index is 1.94. The van der Waals surface area contributed by atoms with Gasteiger partial charge in [-0.3, -0.25) is 9.36 Å². The molecule has 0 fully saturated rings. The molecule has 0 atom stereocenters. The highest BCUT2D eigenvalue weighted by Crippen LogP contribution is 2.32. The van der Waals surface area contributed by atoms with E-state index in [0.29, 0.717) is 28.2 Å². The van der Waals surface area contributed by atoms with E-state index in [9.17, 15) is 4.79 Å². The molecule has 1 aromatic heterocycles. The molecule has 0 aliphatic heterocycles. The second kappa shape index (κ2) is 8.78. The third kappa shape index (κ3) is 3.99. The van der Waals surface area contributed by atoms with Crippen LogP contribution >= 0.6 is 15.9 Å². The van der Waals surface area contributed by atoms with E-state index in [1.807, 2.05) is 73.7 Å². The number of rotatable bonds is 5. The van der Waals surface area contributed by atoms with E-state index in [2.05, 4.69) is 15.9 Å². The van der Waals surface area contributed by atoms with Gasteiger partial charge in [0.2, 0.25) is 0 Å². The Labute approximate surface area is 188 Å². The third-order valence-electron chi connectivity index (χ3n) is 5.05. The van der Waals surface area contributed by atoms with Crippen molar-refractivity contribution in [2.75, 3.05) is 14.2 Å². The van der Waals surface area contributed by atoms with Crippen LogP contribution in [-0.4, -0.2) is 23.8 Å². The summed E-state index contributed by atoms with van der Waals surface area (Å²) < 4.78 is 13.5. The lowest BCUT2D eigenvalue weighted by molar-refractivity contribution is 0.354. The fourth-order valence-electron chi connectivity index (χ4n) is 3.49. The highest BCUT2D eigenvalue weighted by Gasteiger charge is 2.13. The highest BCUT2D eigenvalue weighted by molar-refractivity contribution is 9.10. The predicted molar refractivity (Wildman–Crippen MR) is 128 cm³/mol. The van der Waals surface area contributed by atoms with Crippen molar-refractivity contribution in [2.45, 2.75) is 6.92 Å². The number of hydrogen-bond donors (Lipinski definition) is 0. The largest absolute Gasteiger partial charge is 0.493 e. The molecule has 0 N–H and O–H groups in total. The Morgan fingerprint density at radius 3 is 2.52 bits per heavy atom. The zero-order valence-electron chi connectivity index (χ0n) is 17.4. The van der Waals surface area contributed by atoms with E-state index in [1.165, 1.54) is 0 Å². The molecule has 0 aliphatic rings. The summed E-state index contributed by atoms with van der Waals surface area (Å²) in [6.07, 6.45) is 3.70. The summed E-state index contributed by atoms with van der Waals surface area (Å²) in [4.78, 5) is 18.2. The fraction of sp³-hybridized carbons (Fsp3) is 0.120. The number of para-hydroxylation sites is 2. The van der Waals surface area contributed by atoms with Crippen molar-refractivity contribution < 1.29 is 9.47 Å². The van der Waals surface area contributed by atoms with E-state index < -0.39 is 0 Å². The van der Waals surface area contributed by atoms with Crippen LogP contribution in [0.25, 0.3) is 28.7 Å². The topological polar surface area (TPSA) is 53.3 Å². The van der Waals surface area contributed by atoms with E-state index in [-0.39, 0.29) is 5.56 Å². The van der Waals surface area contributed by atoms with Gasteiger partial charge in [0.05, 0.1) is 30.8 Å². The number of ether oxygens (including phenoxy) is 2. The molecule has 0 unspecified atom stereocenters. The summed E-state index contributed by atoms with van der Waals surface area (Å²) in [6.45, 7) is 1.99. The summed E-state index contributed by atoms with van der Waals surface area (Å²) in [5.41, 5.74) is 3.13. The smallest absolute Gasteiger partial charge is 0.266 e. The first kappa shape index (κ1) is 20.9. The number of nitrogens with zero attached hydrogens (tertiary/aromatic N) is 2. The molecular weight excluding hydrogens is 456 g/mol. The number of aryl methyl sites for hydroxylation is 1. The van der Waals surface area contributed by atoms with E-state index in [0.717, 1.165) is 21.3 Å². The normalized spacial score (nSPS) is 11.2. The Morgan fingerprint density at radius 1 is 0.968 bits per heavy atom. The third-order valence-corrected chi connectivity index (χ3v) is 5.94. The molecule has 31 heavy (non-hydrogen) atoms. The quantitative estimate of drug-likeness (QED) is 0.373. The van der Waals surface area contributed by atoms with Crippen LogP contribution in [-0.2, 0) is 0 Å². The van der Waals surface area contributed by atoms with Gasteiger partial charge < -0.3 is 9.47 Å². The first-order valence-corrected chi connectivity index (χ1v) is 10.5. The molecule has 0 bridgehead atoms. The number of halogens is 1. The molecule has 0 aliphatic carbocycles. The lowest BCUT2D eigenvalue weighted by atomic mass is 10.1. The Kier molecular flexibility index (Phi) is 5.91. The number of aromatic nitrogens is 2. The maximum absolute atomic E-state index is 13.4. The summed E-state index contributed by atoms with van der Waals surface area (Å²) in [7, 11) is 3.20. The highest BCUT2D eigenvalue weighted by atomic mass is 79.9. The second-order valence-electron chi connectivity index (χ2n) is 6.98. The van der Waals surface area contributed by atoms with Crippen molar-refractivity contribution in [1.82, 2.24) is 9.55 Å². The number of fused-ring (bicyclic) bond motifs is 1. The maximum atomic E-state index is 13.4. The van der Waals surface area contributed by atoms with Gasteiger partial charge in [0.25, 0.3) is 5.56 Å². The van der Waals surface area contributed by atoms with Crippen LogP contribution in [0.5, 0.6) is 11.5 Å². The second-order valence-corrected chi connectivity index (χ2v) is 7.83. The fourth-order valence-corrected chi connectivity index (χ4v) is 3.73. The van der Waals surface area contributed by atoms with Gasteiger partial charge in [-0.1, -0.05) is 40.2 Å². The molecule has 1 heterocycles. The van der Waals surface area contributed by atoms with Gasteiger partial charge in [0, 0.05) is 10.0 Å². The zero-order valence-corrected chi connectivity index (χ0v) is 19.0. The summed E-state index contributed by atoms with van der Waals surface area (Å²) in [5, 5.41) is 0.569. The van der Waals surface area contributed by atoms with Crippen LogP contribution in [0, 0.1) is 6.92 Å². The van der Waals surface area contributed by atoms with Gasteiger partial charge in [-0.25, -0.2) is 4.98 Å². The van der Waals surface area contributed by atoms with Crippen LogP contribution in [0.15, 0.2) is 69.9 Å². The summed E-state index contributed by atoms with van der Waals surface area (Å²) in [5.74, 6) is 1.78. The number of benzene rings is 3. The minimum absolute atomic E-state index is 0.121. The molecule has 0 amide bonds. The molecule has 6 heteroatoms. The van der Waals surface area contributed by atoms with Gasteiger partial charge in [-0.05, 0) is 61.0 Å². The minimum atomic E-state index is -0.121. The molecule has 3 aromatic carbocycles. The Morgan fingerprint density at radius 2 is 1.77 bits per heavy atom. The van der Waals surface area contributed by atoms with Crippen molar-refractivity contribution in [1.29, 1.82) is 0 Å². The molecule has 4 rings (SSSR count). The van der Waals surface area contributed by atoms with Crippen LogP contribution in [0.3, 0.4) is 0 Å². The number of methoxy groups -OCH3 is 2. The van der Waals surface area contributed by atoms with Crippen LogP contribution in [0.2, 0.25) is 0 Å². The van der Waals surface area contributed by atoms with Crippen molar-refractivity contribution >= 4 is 39.0 Å². The summed E-state index contributed by atoms with van der Waals surface area (Å²) >= 11 is 3.53. The lowest BCUT2D eigenvalue weighted by Gasteiger charge is -2.13. The van der Waals surface area contributed by atoms with Crippen LogP contribution < -0.4 is 15.0 Å². The molecule has 0 radical (unpaired) electrons. The van der Waals surface area contributed by atoms with Gasteiger partial charge in [0.15, 0.2) is 11.5 Å². The van der Waals surface area contributed by atoms with Crippen molar-refractivity contribution in [3.8, 4) is 17.2 Å². The zero-order chi connectivity index (χ0) is 22.0. The maximum Gasteiger partial charge on any atom is 0.266 e. The predicted octanol–water partition coefficient (Wildman–Crippen LogP) is 5.64.